The number of benzene rings is 1. The van der Waals surface area contributed by atoms with Crippen molar-refractivity contribution in [3.05, 3.63) is 36.0 Å². The van der Waals surface area contributed by atoms with E-state index >= 15 is 0 Å². The maximum Gasteiger partial charge on any atom is 0.0483 e. The third kappa shape index (κ3) is 2.70. The van der Waals surface area contributed by atoms with Crippen LogP contribution in [0.3, 0.4) is 0 Å². The Hall–Kier alpha value is -1.24. The molecule has 0 amide bonds. The number of hydrogen-bond acceptors (Lipinski definition) is 0. The highest BCUT2D eigenvalue weighted by molar-refractivity contribution is 5.83. The van der Waals surface area contributed by atoms with Gasteiger partial charge in [0.1, 0.15) is 0 Å². The summed E-state index contributed by atoms with van der Waals surface area (Å²) in [7, 11) is 0. The van der Waals surface area contributed by atoms with Crippen molar-refractivity contribution < 1.29 is 0 Å². The van der Waals surface area contributed by atoms with Crippen LogP contribution in [0.15, 0.2) is 30.5 Å². The molecule has 0 N–H and O–H groups in total. The van der Waals surface area contributed by atoms with Gasteiger partial charge in [-0.3, -0.25) is 0 Å². The van der Waals surface area contributed by atoms with E-state index < -0.39 is 0 Å². The molecule has 1 nitrogen and oxygen atoms in total. The predicted octanol–water partition coefficient (Wildman–Crippen LogP) is 5.17. The number of rotatable bonds is 4. The van der Waals surface area contributed by atoms with Gasteiger partial charge in [0, 0.05) is 23.6 Å². The molecule has 1 saturated carbocycles. The van der Waals surface area contributed by atoms with E-state index in [4.69, 9.17) is 0 Å². The molecule has 1 heterocycles. The lowest BCUT2D eigenvalue weighted by molar-refractivity contribution is 0.322. The lowest BCUT2D eigenvalue weighted by Crippen LogP contribution is -2.13. The Balaban J connectivity index is 1.89. The third-order valence-corrected chi connectivity index (χ3v) is 4.57. The average Bonchev–Trinajstić information content (AvgIpc) is 2.79. The molecule has 1 aromatic heterocycles. The fraction of sp³-hybridized carbons (Fsp3) is 0.556. The lowest BCUT2D eigenvalue weighted by atomic mass is 9.89. The summed E-state index contributed by atoms with van der Waals surface area (Å²) < 4.78 is 2.52. The summed E-state index contributed by atoms with van der Waals surface area (Å²) in [6, 6.07) is 8.93. The highest BCUT2D eigenvalue weighted by Gasteiger charge is 2.15. The summed E-state index contributed by atoms with van der Waals surface area (Å²) in [6.07, 6.45) is 12.0. The Morgan fingerprint density at radius 1 is 1.11 bits per heavy atom. The maximum absolute atomic E-state index is 2.52. The van der Waals surface area contributed by atoms with Gasteiger partial charge in [-0.1, -0.05) is 50.8 Å². The fourth-order valence-electron chi connectivity index (χ4n) is 3.59. The third-order valence-electron chi connectivity index (χ3n) is 4.57. The van der Waals surface area contributed by atoms with Gasteiger partial charge in [0.2, 0.25) is 0 Å². The number of para-hydroxylation sites is 1. The largest absolute Gasteiger partial charge is 0.347 e. The van der Waals surface area contributed by atoms with Crippen molar-refractivity contribution in [3.63, 3.8) is 0 Å². The van der Waals surface area contributed by atoms with Crippen molar-refractivity contribution in [1.82, 2.24) is 4.57 Å². The zero-order chi connectivity index (χ0) is 13.1. The second kappa shape index (κ2) is 5.81. The molecule has 0 radical (unpaired) electrons. The molecule has 0 saturated heterocycles. The van der Waals surface area contributed by atoms with Crippen molar-refractivity contribution in [3.8, 4) is 0 Å². The molecule has 3 rings (SSSR count). The number of nitrogens with zero attached hydrogens (tertiary/aromatic N) is 1. The maximum atomic E-state index is 2.52. The molecule has 0 spiro atoms. The summed E-state index contributed by atoms with van der Waals surface area (Å²) in [5.74, 6) is 0.902. The minimum atomic E-state index is 0.902. The molecule has 102 valence electrons. The van der Waals surface area contributed by atoms with Gasteiger partial charge in [0.25, 0.3) is 0 Å². The van der Waals surface area contributed by atoms with Crippen molar-refractivity contribution in [2.75, 3.05) is 0 Å². The standard InChI is InChI=1S/C18H25N/c1-2-8-16-14-19(13-15-9-4-3-5-10-15)18-12-7-6-11-17(16)18/h6-7,11-12,14-15H,2-5,8-10,13H2,1H3. The predicted molar refractivity (Wildman–Crippen MR) is 82.5 cm³/mol. The first-order chi connectivity index (χ1) is 9.38. The van der Waals surface area contributed by atoms with Crippen LogP contribution in [0, 0.1) is 5.92 Å². The van der Waals surface area contributed by atoms with Crippen LogP contribution in [0.5, 0.6) is 0 Å². The van der Waals surface area contributed by atoms with Crippen LogP contribution in [0.25, 0.3) is 10.9 Å². The van der Waals surface area contributed by atoms with E-state index in [0.29, 0.717) is 0 Å². The van der Waals surface area contributed by atoms with Gasteiger partial charge in [-0.05, 0) is 36.8 Å². The molecule has 0 atom stereocenters. The Morgan fingerprint density at radius 3 is 2.68 bits per heavy atom. The van der Waals surface area contributed by atoms with E-state index in [0.717, 1.165) is 5.92 Å². The Kier molecular flexibility index (Phi) is 3.91. The van der Waals surface area contributed by atoms with E-state index in [1.54, 1.807) is 0 Å². The molecule has 1 fully saturated rings. The van der Waals surface area contributed by atoms with Crippen LogP contribution in [0.1, 0.15) is 51.0 Å². The van der Waals surface area contributed by atoms with E-state index in [2.05, 4.69) is 42.0 Å². The van der Waals surface area contributed by atoms with E-state index in [9.17, 15) is 0 Å². The van der Waals surface area contributed by atoms with Gasteiger partial charge in [0.05, 0.1) is 0 Å². The van der Waals surface area contributed by atoms with E-state index in [-0.39, 0.29) is 0 Å². The van der Waals surface area contributed by atoms with Crippen LogP contribution in [0.2, 0.25) is 0 Å². The summed E-state index contributed by atoms with van der Waals surface area (Å²) in [6.45, 7) is 3.50. The van der Waals surface area contributed by atoms with Crippen LogP contribution < -0.4 is 0 Å². The molecule has 1 aromatic carbocycles. The van der Waals surface area contributed by atoms with Gasteiger partial charge >= 0.3 is 0 Å². The van der Waals surface area contributed by atoms with Crippen LogP contribution in [0.4, 0.5) is 0 Å². The zero-order valence-electron chi connectivity index (χ0n) is 12.1. The Labute approximate surface area is 116 Å². The average molecular weight is 255 g/mol. The first-order valence-corrected chi connectivity index (χ1v) is 7.95. The first kappa shape index (κ1) is 12.8. The smallest absolute Gasteiger partial charge is 0.0483 e. The van der Waals surface area contributed by atoms with Crippen LogP contribution >= 0.6 is 0 Å². The normalized spacial score (nSPS) is 17.1. The summed E-state index contributed by atoms with van der Waals surface area (Å²) in [5, 5.41) is 1.47. The molecule has 2 aromatic rings. The number of hydrogen-bond donors (Lipinski definition) is 0. The molecular weight excluding hydrogens is 230 g/mol. The molecule has 19 heavy (non-hydrogen) atoms. The van der Waals surface area contributed by atoms with Crippen molar-refractivity contribution >= 4 is 10.9 Å². The van der Waals surface area contributed by atoms with Gasteiger partial charge in [-0.2, -0.15) is 0 Å². The molecule has 0 aliphatic heterocycles. The summed E-state index contributed by atoms with van der Waals surface area (Å²) in [5.41, 5.74) is 2.98. The minimum absolute atomic E-state index is 0.902. The van der Waals surface area contributed by atoms with Gasteiger partial charge < -0.3 is 4.57 Å². The van der Waals surface area contributed by atoms with Crippen molar-refractivity contribution in [2.45, 2.75) is 58.4 Å². The summed E-state index contributed by atoms with van der Waals surface area (Å²) in [4.78, 5) is 0. The van der Waals surface area contributed by atoms with Crippen LogP contribution in [-0.2, 0) is 13.0 Å². The molecule has 1 aliphatic rings. The number of aromatic nitrogens is 1. The topological polar surface area (TPSA) is 4.93 Å². The lowest BCUT2D eigenvalue weighted by Gasteiger charge is -2.22. The Morgan fingerprint density at radius 2 is 1.89 bits per heavy atom. The second-order valence-corrected chi connectivity index (χ2v) is 6.08. The quantitative estimate of drug-likeness (QED) is 0.710. The van der Waals surface area contributed by atoms with E-state index in [1.807, 2.05) is 0 Å². The molecular formula is C18H25N. The first-order valence-electron chi connectivity index (χ1n) is 7.95. The Bertz CT molecular complexity index is 532. The van der Waals surface area contributed by atoms with Crippen LogP contribution in [-0.4, -0.2) is 4.57 Å². The van der Waals surface area contributed by atoms with Gasteiger partial charge in [-0.15, -0.1) is 0 Å². The highest BCUT2D eigenvalue weighted by atomic mass is 15.0. The minimum Gasteiger partial charge on any atom is -0.347 e. The highest BCUT2D eigenvalue weighted by Crippen LogP contribution is 2.28. The van der Waals surface area contributed by atoms with Gasteiger partial charge in [0.15, 0.2) is 0 Å². The fourth-order valence-corrected chi connectivity index (χ4v) is 3.59. The van der Waals surface area contributed by atoms with Gasteiger partial charge in [-0.25, -0.2) is 0 Å². The summed E-state index contributed by atoms with van der Waals surface area (Å²) >= 11 is 0. The van der Waals surface area contributed by atoms with Crippen molar-refractivity contribution in [1.29, 1.82) is 0 Å². The molecule has 0 bridgehead atoms. The number of fused-ring (bicyclic) bond motifs is 1. The zero-order valence-corrected chi connectivity index (χ0v) is 12.1. The monoisotopic (exact) mass is 255 g/mol. The molecule has 1 aliphatic carbocycles. The number of aryl methyl sites for hydroxylation is 1. The second-order valence-electron chi connectivity index (χ2n) is 6.08. The van der Waals surface area contributed by atoms with Crippen molar-refractivity contribution in [2.24, 2.45) is 5.92 Å². The molecule has 1 heteroatoms. The SMILES string of the molecule is CCCc1cn(CC2CCCCC2)c2ccccc12. The molecule has 0 unspecified atom stereocenters. The van der Waals surface area contributed by atoms with E-state index in [1.165, 1.54) is 68.0 Å².